The Labute approximate surface area is 116 Å². The lowest BCUT2D eigenvalue weighted by Gasteiger charge is -2.07. The second kappa shape index (κ2) is 5.30. The van der Waals surface area contributed by atoms with E-state index in [9.17, 15) is 8.42 Å². The summed E-state index contributed by atoms with van der Waals surface area (Å²) < 4.78 is 24.5. The predicted octanol–water partition coefficient (Wildman–Crippen LogP) is 2.59. The molecule has 0 bridgehead atoms. The number of hydrogen-bond acceptors (Lipinski definition) is 4. The molecule has 2 aromatic rings. The van der Waals surface area contributed by atoms with Gasteiger partial charge in [0.2, 0.25) is 0 Å². The van der Waals surface area contributed by atoms with Crippen molar-refractivity contribution in [1.82, 2.24) is 14.8 Å². The van der Waals surface area contributed by atoms with Gasteiger partial charge in [-0.2, -0.15) is 0 Å². The quantitative estimate of drug-likeness (QED) is 0.814. The molecular weight excluding hydrogens is 286 g/mol. The van der Waals surface area contributed by atoms with E-state index >= 15 is 0 Å². The number of nitrogens with zero attached hydrogens (tertiary/aromatic N) is 3. The third-order valence-corrected chi connectivity index (χ3v) is 3.84. The van der Waals surface area contributed by atoms with E-state index in [4.69, 9.17) is 10.7 Å². The van der Waals surface area contributed by atoms with Gasteiger partial charge in [0.25, 0.3) is 14.2 Å². The highest BCUT2D eigenvalue weighted by Gasteiger charge is 2.22. The molecule has 0 aliphatic rings. The Balaban J connectivity index is 2.58. The Kier molecular flexibility index (Phi) is 3.91. The van der Waals surface area contributed by atoms with Crippen molar-refractivity contribution in [3.63, 3.8) is 0 Å². The Morgan fingerprint density at radius 3 is 2.37 bits per heavy atom. The van der Waals surface area contributed by atoms with Gasteiger partial charge in [-0.15, -0.1) is 10.2 Å². The molecule has 0 saturated heterocycles. The Morgan fingerprint density at radius 1 is 1.21 bits per heavy atom. The van der Waals surface area contributed by atoms with Crippen LogP contribution >= 0.6 is 10.7 Å². The zero-order valence-electron chi connectivity index (χ0n) is 10.7. The molecule has 1 aromatic carbocycles. The summed E-state index contributed by atoms with van der Waals surface area (Å²) in [5, 5.41) is 7.45. The van der Waals surface area contributed by atoms with Crippen LogP contribution in [0.1, 0.15) is 18.9 Å². The second-order valence-corrected chi connectivity index (χ2v) is 6.72. The van der Waals surface area contributed by atoms with Crippen molar-refractivity contribution >= 4 is 19.7 Å². The second-order valence-electron chi connectivity index (χ2n) is 4.26. The molecule has 1 aromatic heterocycles. The van der Waals surface area contributed by atoms with Crippen molar-refractivity contribution in [1.29, 1.82) is 0 Å². The first-order chi connectivity index (χ1) is 8.93. The number of hydrogen-bond donors (Lipinski definition) is 0. The smallest absolute Gasteiger partial charge is 0.296 e. The van der Waals surface area contributed by atoms with E-state index in [0.29, 0.717) is 12.4 Å². The standard InChI is InChI=1S/C12H14ClN3O2S/c1-3-8-16-11(10-6-4-9(2)5-7-10)14-15-12(16)19(13,17)18/h4-7H,3,8H2,1-2H3. The van der Waals surface area contributed by atoms with Crippen molar-refractivity contribution in [2.24, 2.45) is 0 Å². The SMILES string of the molecule is CCCn1c(-c2ccc(C)cc2)nnc1S(=O)(=O)Cl. The van der Waals surface area contributed by atoms with Gasteiger partial charge in [-0.3, -0.25) is 4.57 Å². The number of aryl methyl sites for hydroxylation is 1. The first-order valence-corrected chi connectivity index (χ1v) is 8.19. The maximum atomic E-state index is 11.5. The summed E-state index contributed by atoms with van der Waals surface area (Å²) in [6.45, 7) is 4.43. The maximum Gasteiger partial charge on any atom is 0.296 e. The van der Waals surface area contributed by atoms with Gasteiger partial charge in [0.15, 0.2) is 5.82 Å². The molecule has 0 aliphatic carbocycles. The van der Waals surface area contributed by atoms with E-state index in [0.717, 1.165) is 17.5 Å². The molecular formula is C12H14ClN3O2S. The van der Waals surface area contributed by atoms with Crippen LogP contribution in [0, 0.1) is 6.92 Å². The Hall–Kier alpha value is -1.40. The van der Waals surface area contributed by atoms with Crippen LogP contribution in [-0.2, 0) is 15.6 Å². The van der Waals surface area contributed by atoms with E-state index in [1.165, 1.54) is 4.57 Å². The van der Waals surface area contributed by atoms with Crippen molar-refractivity contribution in [2.45, 2.75) is 32.0 Å². The van der Waals surface area contributed by atoms with Gasteiger partial charge in [-0.05, 0) is 13.3 Å². The summed E-state index contributed by atoms with van der Waals surface area (Å²) in [6, 6.07) is 7.65. The zero-order valence-corrected chi connectivity index (χ0v) is 12.2. The molecule has 2 rings (SSSR count). The third-order valence-electron chi connectivity index (χ3n) is 2.69. The molecule has 0 atom stereocenters. The normalized spacial score (nSPS) is 11.7. The van der Waals surface area contributed by atoms with Crippen LogP contribution in [0.4, 0.5) is 0 Å². The fourth-order valence-corrected chi connectivity index (χ4v) is 2.73. The fourth-order valence-electron chi connectivity index (χ4n) is 1.81. The van der Waals surface area contributed by atoms with Gasteiger partial charge >= 0.3 is 0 Å². The highest BCUT2D eigenvalue weighted by Crippen LogP contribution is 2.23. The summed E-state index contributed by atoms with van der Waals surface area (Å²) in [5.41, 5.74) is 1.94. The number of rotatable bonds is 4. The Bertz CT molecular complexity index is 678. The minimum absolute atomic E-state index is 0.202. The third kappa shape index (κ3) is 2.96. The number of benzene rings is 1. The van der Waals surface area contributed by atoms with Gasteiger partial charge in [-0.1, -0.05) is 36.8 Å². The summed E-state index contributed by atoms with van der Waals surface area (Å²) in [5.74, 6) is 0.515. The van der Waals surface area contributed by atoms with Gasteiger partial charge in [0, 0.05) is 22.8 Å². The molecule has 19 heavy (non-hydrogen) atoms. The fraction of sp³-hybridized carbons (Fsp3) is 0.333. The van der Waals surface area contributed by atoms with E-state index in [1.54, 1.807) is 0 Å². The lowest BCUT2D eigenvalue weighted by atomic mass is 10.1. The monoisotopic (exact) mass is 299 g/mol. The van der Waals surface area contributed by atoms with Gasteiger partial charge in [0.05, 0.1) is 0 Å². The molecule has 0 spiro atoms. The van der Waals surface area contributed by atoms with Crippen molar-refractivity contribution in [2.75, 3.05) is 0 Å². The molecule has 0 radical (unpaired) electrons. The van der Waals surface area contributed by atoms with Gasteiger partial charge in [0.1, 0.15) is 0 Å². The van der Waals surface area contributed by atoms with E-state index < -0.39 is 9.05 Å². The maximum absolute atomic E-state index is 11.5. The lowest BCUT2D eigenvalue weighted by Crippen LogP contribution is -2.07. The molecule has 1 heterocycles. The van der Waals surface area contributed by atoms with Crippen LogP contribution in [0.2, 0.25) is 0 Å². The van der Waals surface area contributed by atoms with Crippen LogP contribution in [0.25, 0.3) is 11.4 Å². The molecule has 102 valence electrons. The van der Waals surface area contributed by atoms with Crippen LogP contribution < -0.4 is 0 Å². The van der Waals surface area contributed by atoms with E-state index in [-0.39, 0.29) is 5.16 Å². The molecule has 0 saturated carbocycles. The van der Waals surface area contributed by atoms with Crippen LogP contribution in [0.15, 0.2) is 29.4 Å². The van der Waals surface area contributed by atoms with Gasteiger partial charge in [-0.25, -0.2) is 8.42 Å². The molecule has 0 aliphatic heterocycles. The predicted molar refractivity (Wildman–Crippen MR) is 73.5 cm³/mol. The molecule has 0 amide bonds. The first-order valence-electron chi connectivity index (χ1n) is 5.88. The number of aromatic nitrogens is 3. The van der Waals surface area contributed by atoms with E-state index in [2.05, 4.69) is 10.2 Å². The van der Waals surface area contributed by atoms with Gasteiger partial charge < -0.3 is 0 Å². The average molecular weight is 300 g/mol. The molecule has 7 heteroatoms. The highest BCUT2D eigenvalue weighted by atomic mass is 35.7. The minimum Gasteiger partial charge on any atom is -0.297 e. The zero-order chi connectivity index (χ0) is 14.0. The van der Waals surface area contributed by atoms with Crippen LogP contribution in [0.5, 0.6) is 0 Å². The van der Waals surface area contributed by atoms with Crippen molar-refractivity contribution in [3.05, 3.63) is 29.8 Å². The lowest BCUT2D eigenvalue weighted by molar-refractivity contribution is 0.570. The van der Waals surface area contributed by atoms with Crippen molar-refractivity contribution in [3.8, 4) is 11.4 Å². The molecule has 0 N–H and O–H groups in total. The Morgan fingerprint density at radius 2 is 1.84 bits per heavy atom. The summed E-state index contributed by atoms with van der Waals surface area (Å²) in [4.78, 5) is 0. The van der Waals surface area contributed by atoms with Crippen molar-refractivity contribution < 1.29 is 8.42 Å². The van der Waals surface area contributed by atoms with Crippen LogP contribution in [-0.4, -0.2) is 23.2 Å². The summed E-state index contributed by atoms with van der Waals surface area (Å²) >= 11 is 0. The number of halogens is 1. The summed E-state index contributed by atoms with van der Waals surface area (Å²) in [7, 11) is 1.48. The average Bonchev–Trinajstić information content (AvgIpc) is 2.74. The highest BCUT2D eigenvalue weighted by molar-refractivity contribution is 8.13. The minimum atomic E-state index is -3.89. The van der Waals surface area contributed by atoms with Crippen LogP contribution in [0.3, 0.4) is 0 Å². The molecule has 5 nitrogen and oxygen atoms in total. The molecule has 0 unspecified atom stereocenters. The summed E-state index contributed by atoms with van der Waals surface area (Å²) in [6.07, 6.45) is 0.760. The largest absolute Gasteiger partial charge is 0.297 e. The topological polar surface area (TPSA) is 64.8 Å². The first kappa shape index (κ1) is 14.0. The molecule has 0 fully saturated rings. The van der Waals surface area contributed by atoms with E-state index in [1.807, 2.05) is 38.1 Å².